The van der Waals surface area contributed by atoms with Crippen LogP contribution in [-0.4, -0.2) is 18.0 Å². The van der Waals surface area contributed by atoms with Gasteiger partial charge in [-0.3, -0.25) is 4.79 Å². The molecule has 0 aromatic heterocycles. The molecule has 3 nitrogen and oxygen atoms in total. The van der Waals surface area contributed by atoms with Crippen LogP contribution in [0.3, 0.4) is 0 Å². The van der Waals surface area contributed by atoms with Crippen LogP contribution >= 0.6 is 23.2 Å². The third kappa shape index (κ3) is 3.71. The van der Waals surface area contributed by atoms with Crippen molar-refractivity contribution in [2.45, 2.75) is 50.6 Å². The van der Waals surface area contributed by atoms with Gasteiger partial charge in [-0.1, -0.05) is 36.0 Å². The summed E-state index contributed by atoms with van der Waals surface area (Å²) in [5.41, 5.74) is 0.657. The zero-order chi connectivity index (χ0) is 14.8. The summed E-state index contributed by atoms with van der Waals surface area (Å²) in [5.74, 6) is 0.765. The predicted molar refractivity (Wildman–Crippen MR) is 87.0 cm³/mol. The van der Waals surface area contributed by atoms with Gasteiger partial charge in [0, 0.05) is 21.8 Å². The Morgan fingerprint density at radius 3 is 2.52 bits per heavy atom. The summed E-state index contributed by atoms with van der Waals surface area (Å²) in [6.45, 7) is 0. The highest BCUT2D eigenvalue weighted by Crippen LogP contribution is 2.32. The Morgan fingerprint density at radius 1 is 1.05 bits per heavy atom. The highest BCUT2D eigenvalue weighted by atomic mass is 35.5. The minimum absolute atomic E-state index is 0.0114. The van der Waals surface area contributed by atoms with Crippen molar-refractivity contribution in [2.75, 3.05) is 5.32 Å². The van der Waals surface area contributed by atoms with Gasteiger partial charge in [-0.25, -0.2) is 0 Å². The molecule has 1 aromatic carbocycles. The maximum Gasteiger partial charge on any atom is 0.241 e. The van der Waals surface area contributed by atoms with Crippen LogP contribution in [0.15, 0.2) is 18.2 Å². The molecule has 1 aromatic rings. The number of amides is 1. The molecule has 3 rings (SSSR count). The molecular weight excluding hydrogens is 307 g/mol. The fourth-order valence-electron chi connectivity index (χ4n) is 3.56. The fraction of sp³-hybridized carbons (Fsp3) is 0.562. The predicted octanol–water partition coefficient (Wildman–Crippen LogP) is 4.24. The third-order valence-electron chi connectivity index (χ3n) is 4.60. The summed E-state index contributed by atoms with van der Waals surface area (Å²) in [5, 5.41) is 7.50. The van der Waals surface area contributed by atoms with Crippen molar-refractivity contribution in [1.29, 1.82) is 0 Å². The quantitative estimate of drug-likeness (QED) is 0.853. The number of hydrogen-bond donors (Lipinski definition) is 2. The minimum atomic E-state index is -0.109. The molecule has 1 aliphatic heterocycles. The normalized spacial score (nSPS) is 28.8. The molecule has 5 heteroatoms. The van der Waals surface area contributed by atoms with Crippen LogP contribution in [0.4, 0.5) is 5.69 Å². The maximum absolute atomic E-state index is 12.4. The van der Waals surface area contributed by atoms with Gasteiger partial charge in [-0.05, 0) is 49.8 Å². The van der Waals surface area contributed by atoms with Crippen molar-refractivity contribution in [3.63, 3.8) is 0 Å². The molecule has 1 amide bonds. The van der Waals surface area contributed by atoms with E-state index in [2.05, 4.69) is 10.6 Å². The topological polar surface area (TPSA) is 41.1 Å². The number of carbonyl (C=O) groups is 1. The van der Waals surface area contributed by atoms with Gasteiger partial charge < -0.3 is 10.6 Å². The van der Waals surface area contributed by atoms with Gasteiger partial charge in [0.2, 0.25) is 5.91 Å². The Balaban J connectivity index is 1.62. The Morgan fingerprint density at radius 2 is 1.76 bits per heavy atom. The summed E-state index contributed by atoms with van der Waals surface area (Å²) >= 11 is 11.9. The zero-order valence-electron chi connectivity index (χ0n) is 11.9. The lowest BCUT2D eigenvalue weighted by Crippen LogP contribution is -2.53. The van der Waals surface area contributed by atoms with Crippen LogP contribution in [0.1, 0.15) is 38.5 Å². The van der Waals surface area contributed by atoms with E-state index < -0.39 is 0 Å². The van der Waals surface area contributed by atoms with E-state index in [4.69, 9.17) is 23.2 Å². The van der Waals surface area contributed by atoms with Crippen LogP contribution in [0.5, 0.6) is 0 Å². The molecule has 1 aliphatic carbocycles. The maximum atomic E-state index is 12.4. The van der Waals surface area contributed by atoms with Gasteiger partial charge >= 0.3 is 0 Å². The molecule has 0 radical (unpaired) electrons. The first-order valence-corrected chi connectivity index (χ1v) is 8.40. The highest BCUT2D eigenvalue weighted by Gasteiger charge is 2.34. The lowest BCUT2D eigenvalue weighted by molar-refractivity contribution is -0.119. The van der Waals surface area contributed by atoms with Gasteiger partial charge in [-0.2, -0.15) is 0 Å². The number of fused-ring (bicyclic) bond motifs is 1. The molecule has 21 heavy (non-hydrogen) atoms. The highest BCUT2D eigenvalue weighted by molar-refractivity contribution is 6.35. The van der Waals surface area contributed by atoms with Gasteiger partial charge in [0.15, 0.2) is 0 Å². The van der Waals surface area contributed by atoms with Gasteiger partial charge in [-0.15, -0.1) is 0 Å². The van der Waals surface area contributed by atoms with E-state index in [1.54, 1.807) is 18.2 Å². The van der Waals surface area contributed by atoms with E-state index in [1.807, 2.05) is 0 Å². The van der Waals surface area contributed by atoms with Crippen LogP contribution in [0.25, 0.3) is 0 Å². The van der Waals surface area contributed by atoms with Crippen LogP contribution in [0.2, 0.25) is 10.0 Å². The van der Waals surface area contributed by atoms with Crippen LogP contribution in [-0.2, 0) is 4.79 Å². The van der Waals surface area contributed by atoms with Crippen LogP contribution < -0.4 is 10.6 Å². The van der Waals surface area contributed by atoms with Crippen molar-refractivity contribution in [3.05, 3.63) is 28.2 Å². The first kappa shape index (κ1) is 15.1. The monoisotopic (exact) mass is 326 g/mol. The molecule has 3 atom stereocenters. The largest absolute Gasteiger partial charge is 0.325 e. The molecule has 0 spiro atoms. The Bertz CT molecular complexity index is 515. The number of benzene rings is 1. The van der Waals surface area contributed by atoms with Crippen molar-refractivity contribution in [3.8, 4) is 0 Å². The second-order valence-corrected chi connectivity index (χ2v) is 6.97. The lowest BCUT2D eigenvalue weighted by atomic mass is 9.77. The van der Waals surface area contributed by atoms with Crippen molar-refractivity contribution in [2.24, 2.45) is 5.92 Å². The number of halogens is 2. The first-order valence-electron chi connectivity index (χ1n) is 7.65. The molecule has 0 bridgehead atoms. The number of carbonyl (C=O) groups excluding carboxylic acids is 1. The van der Waals surface area contributed by atoms with Gasteiger partial charge in [0.1, 0.15) is 0 Å². The zero-order valence-corrected chi connectivity index (χ0v) is 13.4. The number of piperidine rings is 1. The summed E-state index contributed by atoms with van der Waals surface area (Å²) in [7, 11) is 0. The summed E-state index contributed by atoms with van der Waals surface area (Å²) < 4.78 is 0. The van der Waals surface area contributed by atoms with E-state index >= 15 is 0 Å². The van der Waals surface area contributed by atoms with E-state index in [1.165, 1.54) is 25.7 Å². The Labute approximate surface area is 135 Å². The number of anilines is 1. The van der Waals surface area contributed by atoms with Gasteiger partial charge in [0.05, 0.1) is 6.04 Å². The van der Waals surface area contributed by atoms with Crippen molar-refractivity contribution >= 4 is 34.8 Å². The summed E-state index contributed by atoms with van der Waals surface area (Å²) in [6, 6.07) is 5.49. The average molecular weight is 327 g/mol. The van der Waals surface area contributed by atoms with E-state index in [-0.39, 0.29) is 11.9 Å². The fourth-order valence-corrected chi connectivity index (χ4v) is 4.08. The van der Waals surface area contributed by atoms with Crippen LogP contribution in [0, 0.1) is 5.92 Å². The van der Waals surface area contributed by atoms with E-state index in [9.17, 15) is 4.79 Å². The molecule has 2 aliphatic rings. The number of rotatable bonds is 2. The molecule has 2 N–H and O–H groups in total. The second kappa shape index (κ2) is 6.55. The third-order valence-corrected chi connectivity index (χ3v) is 5.03. The molecule has 1 saturated carbocycles. The SMILES string of the molecule is O=C(Nc1cc(Cl)cc(Cl)c1)C1CCC2CCCCC2N1. The molecule has 1 saturated heterocycles. The van der Waals surface area contributed by atoms with Crippen molar-refractivity contribution in [1.82, 2.24) is 5.32 Å². The molecule has 114 valence electrons. The summed E-state index contributed by atoms with van der Waals surface area (Å²) in [6.07, 6.45) is 7.15. The standard InChI is InChI=1S/C16H20Cl2N2O/c17-11-7-12(18)9-13(8-11)19-16(21)15-6-5-10-3-1-2-4-14(10)20-15/h7-10,14-15,20H,1-6H2,(H,19,21). The lowest BCUT2D eigenvalue weighted by Gasteiger charge is -2.39. The summed E-state index contributed by atoms with van der Waals surface area (Å²) in [4.78, 5) is 12.4. The van der Waals surface area contributed by atoms with Gasteiger partial charge in [0.25, 0.3) is 0 Å². The second-order valence-electron chi connectivity index (χ2n) is 6.10. The number of hydrogen-bond acceptors (Lipinski definition) is 2. The number of nitrogens with one attached hydrogen (secondary N) is 2. The first-order chi connectivity index (χ1) is 10.1. The Kier molecular flexibility index (Phi) is 4.72. The molecule has 3 unspecified atom stereocenters. The molecular formula is C16H20Cl2N2O. The minimum Gasteiger partial charge on any atom is -0.325 e. The van der Waals surface area contributed by atoms with Crippen molar-refractivity contribution < 1.29 is 4.79 Å². The smallest absolute Gasteiger partial charge is 0.241 e. The average Bonchev–Trinajstić information content (AvgIpc) is 2.45. The Hall–Kier alpha value is -0.770. The molecule has 1 heterocycles. The van der Waals surface area contributed by atoms with E-state index in [0.717, 1.165) is 18.8 Å². The van der Waals surface area contributed by atoms with E-state index in [0.29, 0.717) is 21.8 Å². The molecule has 2 fully saturated rings.